The van der Waals surface area contributed by atoms with Crippen molar-refractivity contribution in [2.24, 2.45) is 40.4 Å². The van der Waals surface area contributed by atoms with Crippen LogP contribution in [0.25, 0.3) is 0 Å². The zero-order chi connectivity index (χ0) is 25.9. The van der Waals surface area contributed by atoms with Gasteiger partial charge in [0.05, 0.1) is 5.38 Å². The van der Waals surface area contributed by atoms with Crippen LogP contribution in [0.3, 0.4) is 0 Å². The van der Waals surface area contributed by atoms with Crippen LogP contribution >= 0.6 is 27.5 Å². The lowest BCUT2D eigenvalue weighted by molar-refractivity contribution is -0.121. The number of halogens is 2. The van der Waals surface area contributed by atoms with Gasteiger partial charge in [-0.25, -0.2) is 0 Å². The molecule has 0 aromatic carbocycles. The van der Waals surface area contributed by atoms with Crippen LogP contribution in [0.5, 0.6) is 0 Å². The molecule has 2 aliphatic rings. The van der Waals surface area contributed by atoms with Gasteiger partial charge in [0.2, 0.25) is 0 Å². The highest BCUT2D eigenvalue weighted by Crippen LogP contribution is 2.51. The first-order valence-corrected chi connectivity index (χ1v) is 13.9. The Balaban J connectivity index is 0.000000331. The second-order valence-electron chi connectivity index (χ2n) is 12.2. The van der Waals surface area contributed by atoms with Gasteiger partial charge in [-0.15, -0.1) is 11.6 Å². The van der Waals surface area contributed by atoms with Gasteiger partial charge in [-0.3, -0.25) is 9.59 Å². The van der Waals surface area contributed by atoms with Crippen molar-refractivity contribution in [1.82, 2.24) is 0 Å². The molecule has 0 spiro atoms. The molecule has 2 aliphatic carbocycles. The van der Waals surface area contributed by atoms with E-state index in [1.807, 2.05) is 13.8 Å². The Labute approximate surface area is 217 Å². The number of rotatable bonds is 6. The van der Waals surface area contributed by atoms with E-state index in [1.165, 1.54) is 12.0 Å². The van der Waals surface area contributed by atoms with Crippen LogP contribution in [0.15, 0.2) is 24.3 Å². The summed E-state index contributed by atoms with van der Waals surface area (Å²) in [6, 6.07) is 0. The van der Waals surface area contributed by atoms with E-state index in [9.17, 15) is 9.59 Å². The molecule has 0 aliphatic heterocycles. The minimum atomic E-state index is 0.0715. The van der Waals surface area contributed by atoms with Gasteiger partial charge in [-0.05, 0) is 74.5 Å². The van der Waals surface area contributed by atoms with Crippen molar-refractivity contribution in [2.75, 3.05) is 0 Å². The molecule has 33 heavy (non-hydrogen) atoms. The number of hydrogen-bond acceptors (Lipinski definition) is 2. The summed E-state index contributed by atoms with van der Waals surface area (Å²) in [4.78, 5) is 23.2. The quantitative estimate of drug-likeness (QED) is 0.248. The van der Waals surface area contributed by atoms with Gasteiger partial charge in [0, 0.05) is 16.7 Å². The van der Waals surface area contributed by atoms with Gasteiger partial charge >= 0.3 is 0 Å². The van der Waals surface area contributed by atoms with Crippen molar-refractivity contribution in [3.8, 4) is 0 Å². The summed E-state index contributed by atoms with van der Waals surface area (Å²) in [6.07, 6.45) is 5.20. The Kier molecular flexibility index (Phi) is 11.2. The molecule has 4 heteroatoms. The topological polar surface area (TPSA) is 34.1 Å². The van der Waals surface area contributed by atoms with Crippen molar-refractivity contribution in [3.05, 3.63) is 24.3 Å². The van der Waals surface area contributed by atoms with Crippen LogP contribution in [-0.2, 0) is 9.59 Å². The fraction of sp³-hybridized carbons (Fsp3) is 0.793. The predicted molar refractivity (Wildman–Crippen MR) is 147 cm³/mol. The standard InChI is InChI=1S/C15H25ClO.C14H23BrO/c1-9(12(4)17)7-13-11(3)14(16)8-10(2)15(13,5)6;1-9(11(3)16)8-12-10(2)13(15)6-7-14(12,4)5/h9-10,13-14H,3,7-8H2,1-2,4-6H3;9,12-13H,2,6-8H2,1,3-5H3. The minimum absolute atomic E-state index is 0.0715. The molecular weight excluding hydrogens is 496 g/mol. The number of alkyl halides is 2. The van der Waals surface area contributed by atoms with Crippen molar-refractivity contribution in [2.45, 2.75) is 105 Å². The monoisotopic (exact) mass is 542 g/mol. The predicted octanol–water partition coefficient (Wildman–Crippen LogP) is 8.80. The number of carbonyl (C=O) groups is 2. The summed E-state index contributed by atoms with van der Waals surface area (Å²) in [5.41, 5.74) is 2.88. The number of carbonyl (C=O) groups excluding carboxylic acids is 2. The van der Waals surface area contributed by atoms with Crippen molar-refractivity contribution < 1.29 is 9.59 Å². The maximum atomic E-state index is 11.4. The molecule has 0 radical (unpaired) electrons. The molecule has 2 rings (SSSR count). The lowest BCUT2D eigenvalue weighted by atomic mass is 9.59. The molecule has 7 unspecified atom stereocenters. The van der Waals surface area contributed by atoms with Crippen molar-refractivity contribution in [1.29, 1.82) is 0 Å². The van der Waals surface area contributed by atoms with Gasteiger partial charge in [-0.1, -0.05) is 88.7 Å². The fourth-order valence-electron chi connectivity index (χ4n) is 5.35. The first-order valence-electron chi connectivity index (χ1n) is 12.6. The Morgan fingerprint density at radius 3 is 1.91 bits per heavy atom. The van der Waals surface area contributed by atoms with Crippen LogP contribution in [0.1, 0.15) is 94.4 Å². The summed E-state index contributed by atoms with van der Waals surface area (Å²) in [5, 5.41) is 0.0715. The highest BCUT2D eigenvalue weighted by atomic mass is 79.9. The molecule has 2 fully saturated rings. The molecule has 190 valence electrons. The molecule has 0 bridgehead atoms. The molecule has 2 saturated carbocycles. The molecule has 0 aromatic heterocycles. The summed E-state index contributed by atoms with van der Waals surface area (Å²) in [7, 11) is 0. The Hall–Kier alpha value is -0.410. The lowest BCUT2D eigenvalue weighted by Gasteiger charge is -2.47. The SMILES string of the molecule is C=C1C(Br)CCC(C)(C)C1CC(C)C(C)=O.C=C1C(Cl)CC(C)C(C)(C)C1CC(C)C(C)=O. The van der Waals surface area contributed by atoms with Crippen LogP contribution in [0.2, 0.25) is 0 Å². The highest BCUT2D eigenvalue weighted by molar-refractivity contribution is 9.09. The van der Waals surface area contributed by atoms with Gasteiger partial charge in [0.15, 0.2) is 0 Å². The van der Waals surface area contributed by atoms with E-state index >= 15 is 0 Å². The van der Waals surface area contributed by atoms with E-state index in [0.29, 0.717) is 28.4 Å². The van der Waals surface area contributed by atoms with Crippen LogP contribution < -0.4 is 0 Å². The minimum Gasteiger partial charge on any atom is -0.300 e. The molecule has 0 heterocycles. The summed E-state index contributed by atoms with van der Waals surface area (Å²) < 4.78 is 0. The van der Waals surface area contributed by atoms with E-state index in [-0.39, 0.29) is 33.8 Å². The maximum absolute atomic E-state index is 11.4. The maximum Gasteiger partial charge on any atom is 0.132 e. The number of ketones is 2. The van der Waals surface area contributed by atoms with Gasteiger partial charge in [0.25, 0.3) is 0 Å². The van der Waals surface area contributed by atoms with Crippen LogP contribution in [0, 0.1) is 40.4 Å². The Morgan fingerprint density at radius 1 is 1.00 bits per heavy atom. The summed E-state index contributed by atoms with van der Waals surface area (Å²) in [6.45, 7) is 27.2. The summed E-state index contributed by atoms with van der Waals surface area (Å²) >= 11 is 10.1. The average Bonchev–Trinajstić information content (AvgIpc) is 2.70. The second kappa shape index (κ2) is 12.0. The van der Waals surface area contributed by atoms with E-state index in [1.54, 1.807) is 13.8 Å². The molecule has 0 aromatic rings. The van der Waals surface area contributed by atoms with Gasteiger partial charge in [0.1, 0.15) is 11.6 Å². The second-order valence-corrected chi connectivity index (χ2v) is 13.8. The zero-order valence-electron chi connectivity index (χ0n) is 22.6. The smallest absolute Gasteiger partial charge is 0.132 e. The van der Waals surface area contributed by atoms with E-state index in [2.05, 4.69) is 63.7 Å². The van der Waals surface area contributed by atoms with Crippen molar-refractivity contribution in [3.63, 3.8) is 0 Å². The zero-order valence-corrected chi connectivity index (χ0v) is 24.9. The largest absolute Gasteiger partial charge is 0.300 e. The van der Waals surface area contributed by atoms with Crippen LogP contribution in [0.4, 0.5) is 0 Å². The fourth-order valence-corrected chi connectivity index (χ4v) is 6.32. The van der Waals surface area contributed by atoms with E-state index < -0.39 is 0 Å². The van der Waals surface area contributed by atoms with E-state index in [4.69, 9.17) is 11.6 Å². The Morgan fingerprint density at radius 2 is 1.45 bits per heavy atom. The third-order valence-corrected chi connectivity index (χ3v) is 10.5. The third kappa shape index (κ3) is 7.79. The number of Topliss-reactive ketones (excluding diaryl/α,β-unsaturated/α-hetero) is 2. The normalized spacial score (nSPS) is 32.9. The van der Waals surface area contributed by atoms with E-state index in [0.717, 1.165) is 31.3 Å². The Bertz CT molecular complexity index is 738. The molecule has 0 saturated heterocycles. The van der Waals surface area contributed by atoms with Gasteiger partial charge < -0.3 is 0 Å². The third-order valence-electron chi connectivity index (χ3n) is 8.98. The molecule has 0 N–H and O–H groups in total. The summed E-state index contributed by atoms with van der Waals surface area (Å²) in [5.74, 6) is 2.19. The van der Waals surface area contributed by atoms with Crippen molar-refractivity contribution >= 4 is 39.1 Å². The first-order chi connectivity index (χ1) is 14.9. The first kappa shape index (κ1) is 30.6. The average molecular weight is 544 g/mol. The highest BCUT2D eigenvalue weighted by Gasteiger charge is 2.44. The molecule has 7 atom stereocenters. The number of allylic oxidation sites excluding steroid dienone is 2. The lowest BCUT2D eigenvalue weighted by Crippen LogP contribution is -2.41. The van der Waals surface area contributed by atoms with Gasteiger partial charge in [-0.2, -0.15) is 0 Å². The van der Waals surface area contributed by atoms with Crippen LogP contribution in [-0.4, -0.2) is 21.8 Å². The number of hydrogen-bond donors (Lipinski definition) is 0. The molecule has 0 amide bonds. The molecule has 2 nitrogen and oxygen atoms in total. The molecular formula is C29H48BrClO2.